The van der Waals surface area contributed by atoms with Gasteiger partial charge in [-0.1, -0.05) is 43.1 Å². The lowest BCUT2D eigenvalue weighted by Crippen LogP contribution is -2.05. The number of ether oxygens (including phenoxy) is 1. The summed E-state index contributed by atoms with van der Waals surface area (Å²) in [6.07, 6.45) is 1.63. The molecule has 0 saturated carbocycles. The Morgan fingerprint density at radius 2 is 2.12 bits per heavy atom. The van der Waals surface area contributed by atoms with Crippen molar-refractivity contribution in [3.63, 3.8) is 0 Å². The van der Waals surface area contributed by atoms with E-state index in [1.165, 1.54) is 0 Å². The van der Waals surface area contributed by atoms with Crippen LogP contribution >= 0.6 is 46.8 Å². The molecule has 0 amide bonds. The molecule has 5 nitrogen and oxygen atoms in total. The van der Waals surface area contributed by atoms with Crippen molar-refractivity contribution in [2.45, 2.75) is 13.8 Å². The molecule has 0 spiro atoms. The van der Waals surface area contributed by atoms with Gasteiger partial charge in [0, 0.05) is 0 Å². The van der Waals surface area contributed by atoms with Gasteiger partial charge in [0.2, 0.25) is 4.77 Å². The van der Waals surface area contributed by atoms with Crippen LogP contribution in [-0.2, 0) is 0 Å². The van der Waals surface area contributed by atoms with Gasteiger partial charge in [0.05, 0.1) is 27.7 Å². The molecule has 0 aliphatic carbocycles. The molecule has 9 heteroatoms. The molecule has 0 fully saturated rings. The van der Waals surface area contributed by atoms with Crippen LogP contribution in [0, 0.1) is 10.7 Å². The van der Waals surface area contributed by atoms with E-state index in [4.69, 9.17) is 40.2 Å². The van der Waals surface area contributed by atoms with Crippen molar-refractivity contribution in [1.82, 2.24) is 14.9 Å². The molecule has 2 aromatic heterocycles. The van der Waals surface area contributed by atoms with E-state index in [1.807, 2.05) is 17.5 Å². The summed E-state index contributed by atoms with van der Waals surface area (Å²) in [5, 5.41) is 14.3. The predicted molar refractivity (Wildman–Crippen MR) is 111 cm³/mol. The standard InChI is InChI=1S/C17H16Cl2N4OS2/c1-10(2)9-24-15-12(18)6-11(7-13(15)19)8-20-23-16(21-22-17(23)25)14-4-3-5-26-14/h3-8,10H,9H2,1-2H3,(H,22,25)/b20-8-. The van der Waals surface area contributed by atoms with Crippen LogP contribution < -0.4 is 4.74 Å². The monoisotopic (exact) mass is 426 g/mol. The van der Waals surface area contributed by atoms with Gasteiger partial charge in [0.25, 0.3) is 0 Å². The van der Waals surface area contributed by atoms with Gasteiger partial charge in [-0.2, -0.15) is 14.9 Å². The van der Waals surface area contributed by atoms with Gasteiger partial charge in [-0.05, 0) is 47.3 Å². The number of halogens is 2. The quantitative estimate of drug-likeness (QED) is 0.394. The van der Waals surface area contributed by atoms with E-state index in [0.29, 0.717) is 38.9 Å². The zero-order valence-electron chi connectivity index (χ0n) is 14.1. The first-order valence-corrected chi connectivity index (χ1v) is 9.87. The highest BCUT2D eigenvalue weighted by molar-refractivity contribution is 7.71. The molecule has 0 radical (unpaired) electrons. The fraction of sp³-hybridized carbons (Fsp3) is 0.235. The number of rotatable bonds is 6. The van der Waals surface area contributed by atoms with Crippen LogP contribution in [0.15, 0.2) is 34.7 Å². The largest absolute Gasteiger partial charge is 0.490 e. The average molecular weight is 427 g/mol. The summed E-state index contributed by atoms with van der Waals surface area (Å²) in [4.78, 5) is 0.961. The van der Waals surface area contributed by atoms with E-state index in [9.17, 15) is 0 Å². The minimum atomic E-state index is 0.377. The second-order valence-corrected chi connectivity index (χ2v) is 8.05. The van der Waals surface area contributed by atoms with Crippen LogP contribution in [0.4, 0.5) is 0 Å². The topological polar surface area (TPSA) is 55.2 Å². The molecule has 1 N–H and O–H groups in total. The second kappa shape index (κ2) is 8.35. The van der Waals surface area contributed by atoms with E-state index in [1.54, 1.807) is 34.4 Å². The summed E-state index contributed by atoms with van der Waals surface area (Å²) in [5.74, 6) is 1.51. The lowest BCUT2D eigenvalue weighted by molar-refractivity contribution is 0.271. The first-order valence-electron chi connectivity index (χ1n) is 7.83. The molecule has 3 rings (SSSR count). The summed E-state index contributed by atoms with van der Waals surface area (Å²) in [5.41, 5.74) is 0.733. The molecular weight excluding hydrogens is 411 g/mol. The Balaban J connectivity index is 1.88. The van der Waals surface area contributed by atoms with Crippen molar-refractivity contribution in [3.05, 3.63) is 50.0 Å². The molecule has 1 aromatic carbocycles. The maximum absolute atomic E-state index is 6.31. The molecule has 0 atom stereocenters. The van der Waals surface area contributed by atoms with Gasteiger partial charge in [-0.3, -0.25) is 0 Å². The molecule has 0 saturated heterocycles. The fourth-order valence-corrected chi connectivity index (χ4v) is 3.62. The van der Waals surface area contributed by atoms with Crippen molar-refractivity contribution in [1.29, 1.82) is 0 Å². The Morgan fingerprint density at radius 3 is 2.73 bits per heavy atom. The molecule has 0 aliphatic rings. The van der Waals surface area contributed by atoms with E-state index >= 15 is 0 Å². The Bertz CT molecular complexity index is 954. The molecule has 136 valence electrons. The molecule has 0 bridgehead atoms. The Morgan fingerprint density at radius 1 is 1.38 bits per heavy atom. The van der Waals surface area contributed by atoms with E-state index < -0.39 is 0 Å². The summed E-state index contributed by atoms with van der Waals surface area (Å²) < 4.78 is 7.64. The third kappa shape index (κ3) is 4.35. The van der Waals surface area contributed by atoms with Gasteiger partial charge in [-0.25, -0.2) is 5.10 Å². The number of aromatic amines is 1. The number of nitrogens with one attached hydrogen (secondary N) is 1. The van der Waals surface area contributed by atoms with Crippen molar-refractivity contribution >= 4 is 53.0 Å². The Labute approximate surface area is 170 Å². The summed E-state index contributed by atoms with van der Waals surface area (Å²) in [6.45, 7) is 4.66. The van der Waals surface area contributed by atoms with E-state index in [-0.39, 0.29) is 0 Å². The number of nitrogens with zero attached hydrogens (tertiary/aromatic N) is 3. The zero-order valence-corrected chi connectivity index (χ0v) is 17.2. The van der Waals surface area contributed by atoms with E-state index in [0.717, 1.165) is 10.4 Å². The number of H-pyrrole nitrogens is 1. The maximum atomic E-state index is 6.31. The van der Waals surface area contributed by atoms with Crippen LogP contribution in [0.2, 0.25) is 10.0 Å². The number of thiophene rings is 1. The second-order valence-electron chi connectivity index (χ2n) is 5.90. The number of benzene rings is 1. The third-order valence-electron chi connectivity index (χ3n) is 3.30. The average Bonchev–Trinajstić information content (AvgIpc) is 3.21. The SMILES string of the molecule is CC(C)COc1c(Cl)cc(/C=N\n2c(-c3cccs3)n[nH]c2=S)cc1Cl. The lowest BCUT2D eigenvalue weighted by Gasteiger charge is -2.12. The van der Waals surface area contributed by atoms with Gasteiger partial charge >= 0.3 is 0 Å². The van der Waals surface area contributed by atoms with Crippen molar-refractivity contribution in [3.8, 4) is 16.5 Å². The number of hydrogen-bond acceptors (Lipinski definition) is 5. The van der Waals surface area contributed by atoms with Gasteiger partial charge < -0.3 is 4.74 Å². The zero-order chi connectivity index (χ0) is 18.7. The lowest BCUT2D eigenvalue weighted by atomic mass is 10.2. The minimum Gasteiger partial charge on any atom is -0.490 e. The normalized spacial score (nSPS) is 11.6. The van der Waals surface area contributed by atoms with E-state index in [2.05, 4.69) is 29.1 Å². The van der Waals surface area contributed by atoms with Crippen LogP contribution in [0.5, 0.6) is 5.75 Å². The molecule has 3 aromatic rings. The smallest absolute Gasteiger partial charge is 0.216 e. The summed E-state index contributed by atoms with van der Waals surface area (Å²) >= 11 is 19.4. The molecule has 26 heavy (non-hydrogen) atoms. The van der Waals surface area contributed by atoms with Crippen molar-refractivity contribution < 1.29 is 4.74 Å². The first-order chi connectivity index (χ1) is 12.5. The fourth-order valence-electron chi connectivity index (χ4n) is 2.13. The summed E-state index contributed by atoms with van der Waals surface area (Å²) in [7, 11) is 0. The minimum absolute atomic E-state index is 0.377. The Hall–Kier alpha value is -1.67. The maximum Gasteiger partial charge on any atom is 0.216 e. The van der Waals surface area contributed by atoms with Crippen LogP contribution in [-0.4, -0.2) is 27.7 Å². The first kappa shape index (κ1) is 19.1. The van der Waals surface area contributed by atoms with Gasteiger partial charge in [-0.15, -0.1) is 11.3 Å². The van der Waals surface area contributed by atoms with Crippen LogP contribution in [0.25, 0.3) is 10.7 Å². The van der Waals surface area contributed by atoms with Crippen molar-refractivity contribution in [2.24, 2.45) is 11.0 Å². The van der Waals surface area contributed by atoms with Gasteiger partial charge in [0.1, 0.15) is 0 Å². The highest BCUT2D eigenvalue weighted by atomic mass is 35.5. The molecular formula is C17H16Cl2N4OS2. The molecule has 2 heterocycles. The Kier molecular flexibility index (Phi) is 6.13. The number of hydrogen-bond donors (Lipinski definition) is 1. The number of aromatic nitrogens is 3. The van der Waals surface area contributed by atoms with Crippen LogP contribution in [0.3, 0.4) is 0 Å². The van der Waals surface area contributed by atoms with Gasteiger partial charge in [0.15, 0.2) is 11.6 Å². The van der Waals surface area contributed by atoms with Crippen molar-refractivity contribution in [2.75, 3.05) is 6.61 Å². The highest BCUT2D eigenvalue weighted by Crippen LogP contribution is 2.34. The molecule has 0 unspecified atom stereocenters. The third-order valence-corrected chi connectivity index (χ3v) is 4.99. The molecule has 0 aliphatic heterocycles. The van der Waals surface area contributed by atoms with Crippen LogP contribution in [0.1, 0.15) is 19.4 Å². The summed E-state index contributed by atoms with van der Waals surface area (Å²) in [6, 6.07) is 7.40. The predicted octanol–water partition coefficient (Wildman–Crippen LogP) is 5.89. The highest BCUT2D eigenvalue weighted by Gasteiger charge is 2.11.